The van der Waals surface area contributed by atoms with E-state index in [-0.39, 0.29) is 17.2 Å². The second-order valence-corrected chi connectivity index (χ2v) is 7.34. The Labute approximate surface area is 186 Å². The number of nitrogens with one attached hydrogen (secondary N) is 1. The molecule has 0 saturated carbocycles. The van der Waals surface area contributed by atoms with Crippen LogP contribution in [0.5, 0.6) is 0 Å². The van der Waals surface area contributed by atoms with Crippen molar-refractivity contribution in [1.82, 2.24) is 14.8 Å². The van der Waals surface area contributed by atoms with Crippen LogP contribution in [0.4, 0.5) is 0 Å². The molecule has 1 aromatic carbocycles. The number of amides is 2. The van der Waals surface area contributed by atoms with Gasteiger partial charge in [-0.15, -0.1) is 6.58 Å². The molecule has 2 aromatic rings. The molecule has 2 heterocycles. The third kappa shape index (κ3) is 4.34. The number of carbonyl (C=O) groups excluding carboxylic acids is 3. The van der Waals surface area contributed by atoms with Crippen LogP contribution in [0.15, 0.2) is 48.6 Å². The Balaban J connectivity index is 2.02. The first-order valence-corrected chi connectivity index (χ1v) is 10.2. The van der Waals surface area contributed by atoms with Crippen LogP contribution in [0, 0.1) is 13.8 Å². The lowest BCUT2D eigenvalue weighted by atomic mass is 10.1. The molecule has 1 N–H and O–H groups in total. The van der Waals surface area contributed by atoms with E-state index < -0.39 is 17.8 Å². The zero-order valence-corrected chi connectivity index (χ0v) is 18.4. The fourth-order valence-corrected chi connectivity index (χ4v) is 3.71. The number of benzene rings is 1. The van der Waals surface area contributed by atoms with Crippen LogP contribution < -0.4 is 5.32 Å². The third-order valence-corrected chi connectivity index (χ3v) is 5.21. The fourth-order valence-electron chi connectivity index (χ4n) is 3.46. The summed E-state index contributed by atoms with van der Waals surface area (Å²) in [6.45, 7) is 9.67. The highest BCUT2D eigenvalue weighted by molar-refractivity contribution is 7.80. The topological polar surface area (TPSA) is 80.6 Å². The molecule has 160 valence electrons. The summed E-state index contributed by atoms with van der Waals surface area (Å²) in [6.07, 6.45) is 3.10. The molecule has 0 radical (unpaired) electrons. The van der Waals surface area contributed by atoms with E-state index in [1.54, 1.807) is 37.3 Å². The number of carbonyl (C=O) groups is 3. The van der Waals surface area contributed by atoms with Gasteiger partial charge >= 0.3 is 5.97 Å². The summed E-state index contributed by atoms with van der Waals surface area (Å²) >= 11 is 5.09. The van der Waals surface area contributed by atoms with Crippen LogP contribution in [0.25, 0.3) is 11.8 Å². The molecule has 31 heavy (non-hydrogen) atoms. The van der Waals surface area contributed by atoms with Crippen LogP contribution >= 0.6 is 12.2 Å². The normalized spacial score (nSPS) is 15.3. The van der Waals surface area contributed by atoms with Gasteiger partial charge in [0.2, 0.25) is 0 Å². The Morgan fingerprint density at radius 2 is 2.00 bits per heavy atom. The minimum atomic E-state index is -0.538. The quantitative estimate of drug-likeness (QED) is 0.247. The van der Waals surface area contributed by atoms with E-state index in [2.05, 4.69) is 11.9 Å². The summed E-state index contributed by atoms with van der Waals surface area (Å²) in [7, 11) is 0. The van der Waals surface area contributed by atoms with Gasteiger partial charge in [-0.3, -0.25) is 19.8 Å². The van der Waals surface area contributed by atoms with Gasteiger partial charge in [-0.2, -0.15) is 0 Å². The molecule has 1 aliphatic heterocycles. The average Bonchev–Trinajstić information content (AvgIpc) is 3.01. The molecule has 1 fully saturated rings. The number of ether oxygens (including phenoxy) is 1. The van der Waals surface area contributed by atoms with Gasteiger partial charge in [-0.25, -0.2) is 4.79 Å². The van der Waals surface area contributed by atoms with E-state index in [1.807, 2.05) is 30.5 Å². The van der Waals surface area contributed by atoms with Crippen molar-refractivity contribution < 1.29 is 19.1 Å². The van der Waals surface area contributed by atoms with E-state index >= 15 is 0 Å². The van der Waals surface area contributed by atoms with Gasteiger partial charge < -0.3 is 9.30 Å². The second-order valence-electron chi connectivity index (χ2n) is 6.95. The van der Waals surface area contributed by atoms with Crippen LogP contribution in [0.2, 0.25) is 0 Å². The molecule has 1 saturated heterocycles. The molecular formula is C23H23N3O4S. The summed E-state index contributed by atoms with van der Waals surface area (Å²) in [4.78, 5) is 38.6. The minimum absolute atomic E-state index is 0.00373. The number of esters is 1. The van der Waals surface area contributed by atoms with Crippen molar-refractivity contribution in [1.29, 1.82) is 0 Å². The zero-order chi connectivity index (χ0) is 22.7. The molecular weight excluding hydrogens is 414 g/mol. The second kappa shape index (κ2) is 9.09. The van der Waals surface area contributed by atoms with Gasteiger partial charge in [0.05, 0.1) is 12.2 Å². The van der Waals surface area contributed by atoms with Crippen molar-refractivity contribution in [2.45, 2.75) is 20.8 Å². The van der Waals surface area contributed by atoms with Gasteiger partial charge in [0.25, 0.3) is 11.8 Å². The Morgan fingerprint density at radius 3 is 2.68 bits per heavy atom. The number of aromatic nitrogens is 1. The lowest BCUT2D eigenvalue weighted by Gasteiger charge is -2.27. The van der Waals surface area contributed by atoms with E-state index in [9.17, 15) is 14.4 Å². The van der Waals surface area contributed by atoms with Gasteiger partial charge in [0.1, 0.15) is 5.57 Å². The maximum absolute atomic E-state index is 12.8. The third-order valence-electron chi connectivity index (χ3n) is 4.88. The van der Waals surface area contributed by atoms with Crippen molar-refractivity contribution >= 4 is 41.2 Å². The molecule has 0 aliphatic carbocycles. The van der Waals surface area contributed by atoms with Crippen molar-refractivity contribution in [2.75, 3.05) is 13.2 Å². The molecule has 0 unspecified atom stereocenters. The summed E-state index contributed by atoms with van der Waals surface area (Å²) < 4.78 is 7.04. The average molecular weight is 438 g/mol. The van der Waals surface area contributed by atoms with Crippen molar-refractivity contribution in [3.8, 4) is 5.69 Å². The fraction of sp³-hybridized carbons (Fsp3) is 0.217. The molecule has 7 nitrogen and oxygen atoms in total. The van der Waals surface area contributed by atoms with E-state index in [0.29, 0.717) is 17.7 Å². The highest BCUT2D eigenvalue weighted by atomic mass is 32.1. The lowest BCUT2D eigenvalue weighted by Crippen LogP contribution is -2.53. The molecule has 0 spiro atoms. The Bertz CT molecular complexity index is 1130. The van der Waals surface area contributed by atoms with Crippen LogP contribution in [0.1, 0.15) is 34.2 Å². The van der Waals surface area contributed by atoms with E-state index in [1.165, 1.54) is 4.90 Å². The number of thiocarbonyl (C=S) groups is 1. The highest BCUT2D eigenvalue weighted by Gasteiger charge is 2.32. The van der Waals surface area contributed by atoms with E-state index in [4.69, 9.17) is 17.0 Å². The minimum Gasteiger partial charge on any atom is -0.462 e. The zero-order valence-electron chi connectivity index (χ0n) is 17.6. The molecule has 8 heteroatoms. The molecule has 1 aliphatic rings. The highest BCUT2D eigenvalue weighted by Crippen LogP contribution is 2.25. The van der Waals surface area contributed by atoms with E-state index in [0.717, 1.165) is 17.1 Å². The van der Waals surface area contributed by atoms with Gasteiger partial charge in [-0.1, -0.05) is 12.1 Å². The lowest BCUT2D eigenvalue weighted by molar-refractivity contribution is -0.128. The largest absolute Gasteiger partial charge is 0.462 e. The molecule has 3 rings (SSSR count). The summed E-state index contributed by atoms with van der Waals surface area (Å²) in [5.74, 6) is -1.40. The SMILES string of the molecule is C=CCN1C(=O)/C(=C/c2cc(C)n(-c3cccc(C(=O)OCC)c3)c2C)C(=O)NC1=S. The number of nitrogens with zero attached hydrogens (tertiary/aromatic N) is 2. The first-order chi connectivity index (χ1) is 14.8. The first kappa shape index (κ1) is 22.2. The Morgan fingerprint density at radius 1 is 1.26 bits per heavy atom. The van der Waals surface area contributed by atoms with Crippen LogP contribution in [-0.2, 0) is 14.3 Å². The molecule has 0 bridgehead atoms. The molecule has 1 aromatic heterocycles. The molecule has 2 amide bonds. The summed E-state index contributed by atoms with van der Waals surface area (Å²) in [6, 6.07) is 8.98. The standard InChI is InChI=1S/C23H23N3O4S/c1-5-10-25-21(28)19(20(27)24-23(25)31)13-17-11-14(3)26(15(17)4)18-9-7-8-16(12-18)22(29)30-6-2/h5,7-9,11-13H,1,6,10H2,2-4H3,(H,24,27,31)/b19-13+. The number of hydrogen-bond donors (Lipinski definition) is 1. The van der Waals surface area contributed by atoms with Crippen molar-refractivity contribution in [3.05, 3.63) is 71.1 Å². The number of aryl methyl sites for hydroxylation is 1. The Kier molecular flexibility index (Phi) is 6.50. The Hall–Kier alpha value is -3.52. The predicted molar refractivity (Wildman–Crippen MR) is 122 cm³/mol. The van der Waals surface area contributed by atoms with Crippen molar-refractivity contribution in [2.24, 2.45) is 0 Å². The van der Waals surface area contributed by atoms with Crippen LogP contribution in [0.3, 0.4) is 0 Å². The molecule has 0 atom stereocenters. The number of rotatable bonds is 6. The smallest absolute Gasteiger partial charge is 0.338 e. The van der Waals surface area contributed by atoms with Gasteiger partial charge in [-0.05, 0) is 68.9 Å². The number of hydrogen-bond acceptors (Lipinski definition) is 5. The summed E-state index contributed by atoms with van der Waals surface area (Å²) in [5.41, 5.74) is 3.63. The van der Waals surface area contributed by atoms with Crippen LogP contribution in [-0.4, -0.2) is 45.5 Å². The summed E-state index contributed by atoms with van der Waals surface area (Å²) in [5, 5.41) is 2.61. The maximum Gasteiger partial charge on any atom is 0.338 e. The van der Waals surface area contributed by atoms with Gasteiger partial charge in [0.15, 0.2) is 5.11 Å². The maximum atomic E-state index is 12.8. The first-order valence-electron chi connectivity index (χ1n) is 9.74. The van der Waals surface area contributed by atoms with Crippen molar-refractivity contribution in [3.63, 3.8) is 0 Å². The predicted octanol–water partition coefficient (Wildman–Crippen LogP) is 3.08. The monoisotopic (exact) mass is 437 g/mol. The van der Waals surface area contributed by atoms with Gasteiger partial charge in [0, 0.05) is 23.6 Å².